The lowest BCUT2D eigenvalue weighted by Crippen LogP contribution is -2.43. The molecular formula is C66H42N2. The summed E-state index contributed by atoms with van der Waals surface area (Å²) in [6, 6.07) is 95.4. The second kappa shape index (κ2) is 13.9. The van der Waals surface area contributed by atoms with E-state index in [0.717, 1.165) is 22.7 Å². The maximum atomic E-state index is 2.57. The molecule has 3 aliphatic carbocycles. The van der Waals surface area contributed by atoms with E-state index in [9.17, 15) is 0 Å². The first-order chi connectivity index (χ1) is 33.8. The monoisotopic (exact) mass is 862 g/mol. The quantitative estimate of drug-likeness (QED) is 0.171. The summed E-state index contributed by atoms with van der Waals surface area (Å²) in [6.45, 7) is 0. The molecular weight excluding hydrogens is 821 g/mol. The Labute approximate surface area is 395 Å². The fraction of sp³-hybridized carbons (Fsp3) is 0.0303. The van der Waals surface area contributed by atoms with Crippen molar-refractivity contribution in [1.82, 2.24) is 4.57 Å². The average Bonchev–Trinajstić information content (AvgIpc) is 4.02. The van der Waals surface area contributed by atoms with Crippen LogP contribution in [0.2, 0.25) is 0 Å². The molecule has 2 heteroatoms. The summed E-state index contributed by atoms with van der Waals surface area (Å²) in [6.07, 6.45) is 0. The van der Waals surface area contributed by atoms with Crippen molar-refractivity contribution in [2.75, 3.05) is 4.90 Å². The zero-order valence-electron chi connectivity index (χ0n) is 37.1. The van der Waals surface area contributed by atoms with Gasteiger partial charge in [0, 0.05) is 39.1 Å². The molecule has 2 nitrogen and oxygen atoms in total. The summed E-state index contributed by atoms with van der Waals surface area (Å²) < 4.78 is 2.57. The van der Waals surface area contributed by atoms with Crippen LogP contribution in [-0.4, -0.2) is 4.57 Å². The first kappa shape index (κ1) is 37.5. The average molecular weight is 863 g/mol. The van der Waals surface area contributed by atoms with Gasteiger partial charge in [-0.2, -0.15) is 0 Å². The van der Waals surface area contributed by atoms with Gasteiger partial charge in [0.2, 0.25) is 0 Å². The minimum atomic E-state index is -0.593. The zero-order valence-corrected chi connectivity index (χ0v) is 37.1. The van der Waals surface area contributed by atoms with Gasteiger partial charge in [-0.25, -0.2) is 0 Å². The van der Waals surface area contributed by atoms with E-state index in [1.165, 1.54) is 99.3 Å². The number of rotatable bonds is 4. The SMILES string of the molecule is c1ccc(N(c2ccccc2)c2ccc(-n3c4ccc5ccccc5c4c4ccc5c(c43)-c3ccccc3C53c4ccccc4C4(c5ccccc5-c5ccccc54)c4ccccc43)cc2)cc1. The molecule has 0 atom stereocenters. The summed E-state index contributed by atoms with van der Waals surface area (Å²) in [7, 11) is 0. The van der Waals surface area contributed by atoms with Gasteiger partial charge in [-0.1, -0.05) is 200 Å². The number of nitrogens with zero attached hydrogens (tertiary/aromatic N) is 2. The molecule has 2 spiro atoms. The minimum Gasteiger partial charge on any atom is -0.311 e. The van der Waals surface area contributed by atoms with Gasteiger partial charge in [0.15, 0.2) is 0 Å². The van der Waals surface area contributed by atoms with Crippen LogP contribution < -0.4 is 4.90 Å². The van der Waals surface area contributed by atoms with E-state index in [1.54, 1.807) is 0 Å². The van der Waals surface area contributed by atoms with E-state index in [0.29, 0.717) is 0 Å². The molecule has 0 saturated heterocycles. The van der Waals surface area contributed by atoms with Crippen LogP contribution >= 0.6 is 0 Å². The number of aromatic nitrogens is 1. The molecule has 12 aromatic rings. The molecule has 0 unspecified atom stereocenters. The lowest BCUT2D eigenvalue weighted by Gasteiger charge is -2.48. The van der Waals surface area contributed by atoms with E-state index in [2.05, 4.69) is 264 Å². The van der Waals surface area contributed by atoms with Gasteiger partial charge >= 0.3 is 0 Å². The first-order valence-electron chi connectivity index (χ1n) is 23.8. The smallest absolute Gasteiger partial charge is 0.0720 e. The van der Waals surface area contributed by atoms with Crippen LogP contribution in [0.25, 0.3) is 60.5 Å². The largest absolute Gasteiger partial charge is 0.311 e. The summed E-state index contributed by atoms with van der Waals surface area (Å²) in [4.78, 5) is 2.34. The van der Waals surface area contributed by atoms with E-state index in [-0.39, 0.29) is 0 Å². The predicted molar refractivity (Wildman–Crippen MR) is 281 cm³/mol. The number of hydrogen-bond acceptors (Lipinski definition) is 1. The third-order valence-corrected chi connectivity index (χ3v) is 15.6. The van der Waals surface area contributed by atoms with Crippen LogP contribution in [0.3, 0.4) is 0 Å². The second-order valence-electron chi connectivity index (χ2n) is 18.7. The fourth-order valence-electron chi connectivity index (χ4n) is 13.2. The Morgan fingerprint density at radius 3 is 1.31 bits per heavy atom. The maximum Gasteiger partial charge on any atom is 0.0720 e. The molecule has 3 aliphatic rings. The van der Waals surface area contributed by atoms with Gasteiger partial charge in [-0.05, 0) is 127 Å². The van der Waals surface area contributed by atoms with Gasteiger partial charge in [0.1, 0.15) is 0 Å². The summed E-state index contributed by atoms with van der Waals surface area (Å²) in [5.74, 6) is 0. The first-order valence-corrected chi connectivity index (χ1v) is 23.8. The van der Waals surface area contributed by atoms with Crippen LogP contribution in [0.1, 0.15) is 44.5 Å². The molecule has 0 fully saturated rings. The highest BCUT2D eigenvalue weighted by Gasteiger charge is 2.59. The van der Waals surface area contributed by atoms with Crippen LogP contribution in [0.15, 0.2) is 255 Å². The molecule has 0 N–H and O–H groups in total. The number of para-hydroxylation sites is 2. The van der Waals surface area contributed by atoms with Gasteiger partial charge in [0.25, 0.3) is 0 Å². The summed E-state index contributed by atoms with van der Waals surface area (Å²) in [5.41, 5.74) is 21.8. The summed E-state index contributed by atoms with van der Waals surface area (Å²) in [5, 5.41) is 5.04. The molecule has 1 aromatic heterocycles. The topological polar surface area (TPSA) is 8.17 Å². The van der Waals surface area contributed by atoms with Gasteiger partial charge in [0.05, 0.1) is 21.9 Å². The lowest BCUT2D eigenvalue weighted by molar-refractivity contribution is 0.633. The van der Waals surface area contributed by atoms with Gasteiger partial charge < -0.3 is 9.47 Å². The van der Waals surface area contributed by atoms with Crippen LogP contribution in [0.4, 0.5) is 17.1 Å². The molecule has 11 aromatic carbocycles. The van der Waals surface area contributed by atoms with Crippen molar-refractivity contribution < 1.29 is 0 Å². The Balaban J connectivity index is 1.05. The lowest BCUT2D eigenvalue weighted by atomic mass is 9.52. The molecule has 0 saturated carbocycles. The van der Waals surface area contributed by atoms with Gasteiger partial charge in [-0.15, -0.1) is 0 Å². The Bertz CT molecular complexity index is 3890. The highest BCUT2D eigenvalue weighted by molar-refractivity contribution is 6.24. The third-order valence-electron chi connectivity index (χ3n) is 15.6. The predicted octanol–water partition coefficient (Wildman–Crippen LogP) is 16.4. The van der Waals surface area contributed by atoms with Crippen LogP contribution in [0, 0.1) is 0 Å². The highest BCUT2D eigenvalue weighted by Crippen LogP contribution is 2.68. The number of anilines is 3. The molecule has 0 bridgehead atoms. The molecule has 15 rings (SSSR count). The Kier molecular flexibility index (Phi) is 7.67. The second-order valence-corrected chi connectivity index (χ2v) is 18.7. The summed E-state index contributed by atoms with van der Waals surface area (Å²) >= 11 is 0. The highest BCUT2D eigenvalue weighted by atomic mass is 15.1. The standard InChI is InChI=1S/C66H42N2/c1-3-20-44(21-4-1)67(45-22-5-2-6-23-45)46-36-38-47(39-37-46)68-61-42-35-43-19-7-8-24-48(43)62(61)52-40-41-60-63(64(52)68)51-27-11-14-30-55(51)66(60)58-33-17-15-31-56(58)65(57-32-16-18-34-59(57)66)53-28-12-9-25-49(53)50-26-10-13-29-54(50)65/h1-42H. The number of fused-ring (bicyclic) bond motifs is 22. The Morgan fingerprint density at radius 1 is 0.294 bits per heavy atom. The zero-order chi connectivity index (χ0) is 44.6. The molecule has 68 heavy (non-hydrogen) atoms. The molecule has 316 valence electrons. The Hall–Kier alpha value is -8.72. The van der Waals surface area contributed by atoms with E-state index in [4.69, 9.17) is 0 Å². The minimum absolute atomic E-state index is 0.490. The molecule has 0 amide bonds. The number of benzene rings is 11. The van der Waals surface area contributed by atoms with Crippen molar-refractivity contribution in [2.24, 2.45) is 0 Å². The fourth-order valence-corrected chi connectivity index (χ4v) is 13.2. The van der Waals surface area contributed by atoms with Crippen LogP contribution in [-0.2, 0) is 10.8 Å². The van der Waals surface area contributed by atoms with Crippen LogP contribution in [0.5, 0.6) is 0 Å². The van der Waals surface area contributed by atoms with E-state index in [1.807, 2.05) is 0 Å². The van der Waals surface area contributed by atoms with Crippen molar-refractivity contribution in [3.8, 4) is 27.9 Å². The Morgan fingerprint density at radius 2 is 0.735 bits per heavy atom. The normalized spacial score (nSPS) is 14.1. The molecule has 1 heterocycles. The van der Waals surface area contributed by atoms with Crippen molar-refractivity contribution in [2.45, 2.75) is 10.8 Å². The third kappa shape index (κ3) is 4.66. The van der Waals surface area contributed by atoms with Crippen molar-refractivity contribution in [3.63, 3.8) is 0 Å². The molecule has 0 aliphatic heterocycles. The van der Waals surface area contributed by atoms with Crippen molar-refractivity contribution >= 4 is 49.6 Å². The van der Waals surface area contributed by atoms with Crippen molar-refractivity contribution in [3.05, 3.63) is 299 Å². The van der Waals surface area contributed by atoms with E-state index >= 15 is 0 Å². The van der Waals surface area contributed by atoms with E-state index < -0.39 is 10.8 Å². The maximum absolute atomic E-state index is 2.57. The molecule has 0 radical (unpaired) electrons. The van der Waals surface area contributed by atoms with Gasteiger partial charge in [-0.3, -0.25) is 0 Å². The van der Waals surface area contributed by atoms with Crippen molar-refractivity contribution in [1.29, 1.82) is 0 Å². The number of hydrogen-bond donors (Lipinski definition) is 0.